The molecule has 0 spiro atoms. The van der Waals surface area contributed by atoms with Crippen LogP contribution < -0.4 is 5.32 Å². The summed E-state index contributed by atoms with van der Waals surface area (Å²) in [5.74, 6) is 3.13. The van der Waals surface area contributed by atoms with Crippen molar-refractivity contribution < 1.29 is 0 Å². The third-order valence-electron chi connectivity index (χ3n) is 5.54. The molecule has 4 aliphatic carbocycles. The lowest BCUT2D eigenvalue weighted by Crippen LogP contribution is -2.58. The summed E-state index contributed by atoms with van der Waals surface area (Å²) in [4.78, 5) is 4.57. The fourth-order valence-electron chi connectivity index (χ4n) is 5.28. The third kappa shape index (κ3) is 2.36. The SMILES string of the molecule is Cc1csc(CCNC23CC4CC(CC(C4)C2)C3)n1. The molecule has 2 nitrogen and oxygen atoms in total. The minimum absolute atomic E-state index is 0.515. The van der Waals surface area contributed by atoms with Crippen LogP contribution in [0.3, 0.4) is 0 Å². The van der Waals surface area contributed by atoms with Gasteiger partial charge in [0, 0.05) is 29.6 Å². The number of aromatic nitrogens is 1. The molecule has 0 atom stereocenters. The molecule has 1 aromatic rings. The predicted octanol–water partition coefficient (Wildman–Crippen LogP) is 3.55. The maximum Gasteiger partial charge on any atom is 0.0940 e. The average molecular weight is 276 g/mol. The van der Waals surface area contributed by atoms with Crippen molar-refractivity contribution in [3.8, 4) is 0 Å². The van der Waals surface area contributed by atoms with Crippen molar-refractivity contribution in [2.24, 2.45) is 17.8 Å². The number of rotatable bonds is 4. The molecule has 1 aromatic heterocycles. The molecule has 4 aliphatic rings. The highest BCUT2D eigenvalue weighted by molar-refractivity contribution is 7.09. The zero-order valence-electron chi connectivity index (χ0n) is 11.8. The second-order valence-electron chi connectivity index (χ2n) is 7.26. The Morgan fingerprint density at radius 1 is 1.21 bits per heavy atom. The van der Waals surface area contributed by atoms with Crippen molar-refractivity contribution >= 4 is 11.3 Å². The first kappa shape index (κ1) is 12.3. The molecule has 4 saturated carbocycles. The molecule has 0 aliphatic heterocycles. The molecule has 0 unspecified atom stereocenters. The summed E-state index contributed by atoms with van der Waals surface area (Å²) in [6, 6.07) is 0. The lowest BCUT2D eigenvalue weighted by molar-refractivity contribution is -0.0192. The zero-order valence-corrected chi connectivity index (χ0v) is 12.6. The van der Waals surface area contributed by atoms with Crippen molar-refractivity contribution in [2.45, 2.75) is 57.4 Å². The van der Waals surface area contributed by atoms with E-state index >= 15 is 0 Å². The van der Waals surface area contributed by atoms with Crippen molar-refractivity contribution in [1.82, 2.24) is 10.3 Å². The number of nitrogens with zero attached hydrogens (tertiary/aromatic N) is 1. The van der Waals surface area contributed by atoms with Gasteiger partial charge in [0.25, 0.3) is 0 Å². The van der Waals surface area contributed by atoms with Crippen molar-refractivity contribution in [2.75, 3.05) is 6.54 Å². The van der Waals surface area contributed by atoms with Gasteiger partial charge in [-0.2, -0.15) is 0 Å². The van der Waals surface area contributed by atoms with Gasteiger partial charge in [-0.1, -0.05) is 0 Å². The normalized spacial score (nSPS) is 39.9. The van der Waals surface area contributed by atoms with Crippen LogP contribution in [0.5, 0.6) is 0 Å². The molecule has 1 heterocycles. The Morgan fingerprint density at radius 2 is 1.84 bits per heavy atom. The van der Waals surface area contributed by atoms with E-state index in [0.717, 1.165) is 30.7 Å². The van der Waals surface area contributed by atoms with Gasteiger partial charge in [-0.15, -0.1) is 11.3 Å². The Balaban J connectivity index is 1.37. The highest BCUT2D eigenvalue weighted by Gasteiger charge is 2.50. The van der Waals surface area contributed by atoms with Gasteiger partial charge < -0.3 is 5.32 Å². The molecule has 0 radical (unpaired) electrons. The quantitative estimate of drug-likeness (QED) is 0.909. The first-order chi connectivity index (χ1) is 9.21. The van der Waals surface area contributed by atoms with Crippen LogP contribution >= 0.6 is 11.3 Å². The van der Waals surface area contributed by atoms with Gasteiger partial charge in [-0.25, -0.2) is 4.98 Å². The van der Waals surface area contributed by atoms with Crippen molar-refractivity contribution in [3.05, 3.63) is 16.1 Å². The molecule has 0 amide bonds. The summed E-state index contributed by atoms with van der Waals surface area (Å²) in [5, 5.41) is 7.42. The summed E-state index contributed by atoms with van der Waals surface area (Å²) in [6.07, 6.45) is 10.1. The van der Waals surface area contributed by atoms with Crippen LogP contribution in [0.25, 0.3) is 0 Å². The molecule has 19 heavy (non-hydrogen) atoms. The minimum Gasteiger partial charge on any atom is -0.311 e. The molecule has 3 heteroatoms. The van der Waals surface area contributed by atoms with E-state index in [-0.39, 0.29) is 0 Å². The van der Waals surface area contributed by atoms with Gasteiger partial charge in [0.1, 0.15) is 0 Å². The number of hydrogen-bond donors (Lipinski definition) is 1. The lowest BCUT2D eigenvalue weighted by Gasteiger charge is -2.57. The van der Waals surface area contributed by atoms with Gasteiger partial charge in [0.15, 0.2) is 0 Å². The Bertz CT molecular complexity index is 430. The van der Waals surface area contributed by atoms with E-state index in [4.69, 9.17) is 0 Å². The van der Waals surface area contributed by atoms with E-state index < -0.39 is 0 Å². The van der Waals surface area contributed by atoms with Gasteiger partial charge in [-0.05, 0) is 63.2 Å². The van der Waals surface area contributed by atoms with Crippen LogP contribution in [0.1, 0.15) is 49.2 Å². The van der Waals surface area contributed by atoms with Crippen LogP contribution in [-0.2, 0) is 6.42 Å². The van der Waals surface area contributed by atoms with Gasteiger partial charge in [-0.3, -0.25) is 0 Å². The lowest BCUT2D eigenvalue weighted by atomic mass is 9.53. The maximum absolute atomic E-state index is 4.57. The zero-order chi connectivity index (χ0) is 12.9. The summed E-state index contributed by atoms with van der Waals surface area (Å²) in [6.45, 7) is 3.21. The first-order valence-corrected chi connectivity index (χ1v) is 8.75. The largest absolute Gasteiger partial charge is 0.311 e. The predicted molar refractivity (Wildman–Crippen MR) is 79.5 cm³/mol. The molecule has 104 valence electrons. The second kappa shape index (κ2) is 4.56. The number of aryl methyl sites for hydroxylation is 1. The maximum atomic E-state index is 4.57. The van der Waals surface area contributed by atoms with Crippen LogP contribution in [-0.4, -0.2) is 17.1 Å². The van der Waals surface area contributed by atoms with E-state index in [1.165, 1.54) is 49.2 Å². The topological polar surface area (TPSA) is 24.9 Å². The monoisotopic (exact) mass is 276 g/mol. The highest BCUT2D eigenvalue weighted by atomic mass is 32.1. The van der Waals surface area contributed by atoms with Crippen LogP contribution in [0.2, 0.25) is 0 Å². The average Bonchev–Trinajstić information content (AvgIpc) is 2.73. The molecule has 0 saturated heterocycles. The molecule has 0 aromatic carbocycles. The van der Waals surface area contributed by atoms with Crippen molar-refractivity contribution in [1.29, 1.82) is 0 Å². The fourth-order valence-corrected chi connectivity index (χ4v) is 6.06. The standard InChI is InChI=1S/C16H24N2S/c1-11-10-19-15(18-11)2-3-17-16-7-12-4-13(8-16)6-14(5-12)9-16/h10,12-14,17H,2-9H2,1H3. The number of hydrogen-bond acceptors (Lipinski definition) is 3. The van der Waals surface area contributed by atoms with Gasteiger partial charge in [0.2, 0.25) is 0 Å². The van der Waals surface area contributed by atoms with E-state index in [0.29, 0.717) is 5.54 Å². The Morgan fingerprint density at radius 3 is 2.37 bits per heavy atom. The first-order valence-electron chi connectivity index (χ1n) is 7.87. The number of nitrogens with one attached hydrogen (secondary N) is 1. The molecule has 5 rings (SSSR count). The van der Waals surface area contributed by atoms with E-state index in [1.54, 1.807) is 0 Å². The van der Waals surface area contributed by atoms with Crippen LogP contribution in [0.4, 0.5) is 0 Å². The fraction of sp³-hybridized carbons (Fsp3) is 0.812. The van der Waals surface area contributed by atoms with Gasteiger partial charge in [0.05, 0.1) is 5.01 Å². The van der Waals surface area contributed by atoms with Crippen molar-refractivity contribution in [3.63, 3.8) is 0 Å². The van der Waals surface area contributed by atoms with E-state index in [1.807, 2.05) is 11.3 Å². The molecular weight excluding hydrogens is 252 g/mol. The van der Waals surface area contributed by atoms with Crippen LogP contribution in [0, 0.1) is 24.7 Å². The van der Waals surface area contributed by atoms with E-state index in [9.17, 15) is 0 Å². The van der Waals surface area contributed by atoms with Gasteiger partial charge >= 0.3 is 0 Å². The molecular formula is C16H24N2S. The molecule has 4 bridgehead atoms. The summed E-state index contributed by atoms with van der Waals surface area (Å²) in [5.41, 5.74) is 1.69. The third-order valence-corrected chi connectivity index (χ3v) is 6.57. The number of thiazole rings is 1. The summed E-state index contributed by atoms with van der Waals surface area (Å²) >= 11 is 1.82. The van der Waals surface area contributed by atoms with Crippen LogP contribution in [0.15, 0.2) is 5.38 Å². The summed E-state index contributed by atoms with van der Waals surface area (Å²) in [7, 11) is 0. The van der Waals surface area contributed by atoms with E-state index in [2.05, 4.69) is 22.6 Å². The Hall–Kier alpha value is -0.410. The molecule has 1 N–H and O–H groups in total. The highest BCUT2D eigenvalue weighted by Crippen LogP contribution is 2.55. The second-order valence-corrected chi connectivity index (χ2v) is 8.20. The Labute approximate surface area is 120 Å². The Kier molecular flexibility index (Phi) is 2.96. The summed E-state index contributed by atoms with van der Waals surface area (Å²) < 4.78 is 0. The molecule has 4 fully saturated rings. The minimum atomic E-state index is 0.515. The smallest absolute Gasteiger partial charge is 0.0940 e.